The molecule has 2 saturated heterocycles. The Labute approximate surface area is 350 Å². The summed E-state index contributed by atoms with van der Waals surface area (Å²) in [6, 6.07) is 43.4. The van der Waals surface area contributed by atoms with Crippen LogP contribution in [0.15, 0.2) is 127 Å². The molecule has 8 aromatic rings. The third kappa shape index (κ3) is 6.70. The van der Waals surface area contributed by atoms with Gasteiger partial charge >= 0.3 is 0 Å². The minimum Gasteiger partial charge on any atom is -0.477 e. The van der Waals surface area contributed by atoms with Gasteiger partial charge in [0.05, 0.1) is 17.5 Å². The van der Waals surface area contributed by atoms with Crippen molar-refractivity contribution < 1.29 is 18.9 Å². The zero-order chi connectivity index (χ0) is 39.9. The molecule has 1 aromatic heterocycles. The molecule has 7 aromatic carbocycles. The summed E-state index contributed by atoms with van der Waals surface area (Å²) >= 11 is 0. The molecule has 2 fully saturated rings. The van der Waals surface area contributed by atoms with Gasteiger partial charge < -0.3 is 23.8 Å². The lowest BCUT2D eigenvalue weighted by Gasteiger charge is -2.37. The van der Waals surface area contributed by atoms with Crippen LogP contribution in [0.2, 0.25) is 0 Å². The van der Waals surface area contributed by atoms with Crippen LogP contribution in [0.4, 0.5) is 5.69 Å². The molecule has 0 spiro atoms. The Morgan fingerprint density at radius 1 is 0.650 bits per heavy atom. The van der Waals surface area contributed by atoms with E-state index in [0.29, 0.717) is 24.9 Å². The molecule has 0 aliphatic carbocycles. The highest BCUT2D eigenvalue weighted by Crippen LogP contribution is 2.47. The molecule has 0 bridgehead atoms. The summed E-state index contributed by atoms with van der Waals surface area (Å²) in [6.07, 6.45) is 13.0. The van der Waals surface area contributed by atoms with E-state index in [0.717, 1.165) is 96.1 Å². The Morgan fingerprint density at radius 3 is 2.23 bits per heavy atom. The summed E-state index contributed by atoms with van der Waals surface area (Å²) in [5.74, 6) is 1.96. The van der Waals surface area contributed by atoms with Gasteiger partial charge in [0.2, 0.25) is 5.88 Å². The minimum absolute atomic E-state index is 0.0906. The van der Waals surface area contributed by atoms with Gasteiger partial charge in [-0.2, -0.15) is 4.98 Å². The summed E-state index contributed by atoms with van der Waals surface area (Å²) in [7, 11) is 0. The highest BCUT2D eigenvalue weighted by atomic mass is 16.7. The molecule has 0 saturated carbocycles. The third-order valence-electron chi connectivity index (χ3n) is 12.8. The summed E-state index contributed by atoms with van der Waals surface area (Å²) in [5, 5.41) is 8.14. The van der Waals surface area contributed by atoms with Gasteiger partial charge in [-0.15, -0.1) is 0 Å². The summed E-state index contributed by atoms with van der Waals surface area (Å²) in [5.41, 5.74) is 5.29. The van der Waals surface area contributed by atoms with Crippen LogP contribution in [0.1, 0.15) is 68.1 Å². The zero-order valence-electron chi connectivity index (χ0n) is 33.9. The maximum Gasteiger partial charge on any atom is 0.225 e. The second kappa shape index (κ2) is 15.9. The van der Waals surface area contributed by atoms with Gasteiger partial charge in [-0.3, -0.25) is 0 Å². The van der Waals surface area contributed by atoms with E-state index in [4.69, 9.17) is 28.9 Å². The van der Waals surface area contributed by atoms with Crippen LogP contribution in [0, 0.1) is 0 Å². The van der Waals surface area contributed by atoms with Crippen LogP contribution < -0.4 is 14.4 Å². The number of piperidine rings is 1. The van der Waals surface area contributed by atoms with E-state index < -0.39 is 5.60 Å². The average Bonchev–Trinajstić information content (AvgIpc) is 3.32. The number of fused-ring (bicyclic) bond motifs is 3. The molecule has 11 rings (SSSR count). The van der Waals surface area contributed by atoms with Crippen LogP contribution in [0.3, 0.4) is 0 Å². The maximum atomic E-state index is 7.25. The van der Waals surface area contributed by atoms with Gasteiger partial charge in [-0.05, 0) is 126 Å². The van der Waals surface area contributed by atoms with Crippen LogP contribution in [-0.2, 0) is 15.1 Å². The lowest BCUT2D eigenvalue weighted by molar-refractivity contribution is -0.162. The lowest BCUT2D eigenvalue weighted by Crippen LogP contribution is -2.34. The number of unbranched alkanes of at least 4 members (excludes halogenated alkanes) is 1. The molecular weight excluding hydrogens is 743 g/mol. The average molecular weight is 792 g/mol. The van der Waals surface area contributed by atoms with E-state index in [1.54, 1.807) is 0 Å². The molecular formula is C53H49N3O4. The van der Waals surface area contributed by atoms with E-state index in [1.165, 1.54) is 51.9 Å². The number of nitrogens with zero attached hydrogens (tertiary/aromatic N) is 3. The number of aromatic nitrogens is 2. The third-order valence-corrected chi connectivity index (χ3v) is 12.8. The molecule has 60 heavy (non-hydrogen) atoms. The van der Waals surface area contributed by atoms with Crippen LogP contribution in [-0.4, -0.2) is 49.2 Å². The molecule has 2 atom stereocenters. The topological polar surface area (TPSA) is 65.9 Å². The fourth-order valence-electron chi connectivity index (χ4n) is 9.68. The molecule has 2 unspecified atom stereocenters. The molecule has 7 heteroatoms. The second-order valence-electron chi connectivity index (χ2n) is 16.5. The smallest absolute Gasteiger partial charge is 0.225 e. The van der Waals surface area contributed by atoms with Crippen molar-refractivity contribution in [2.24, 2.45) is 0 Å². The first-order chi connectivity index (χ1) is 29.7. The number of anilines is 1. The minimum atomic E-state index is -0.825. The fourth-order valence-corrected chi connectivity index (χ4v) is 9.68. The van der Waals surface area contributed by atoms with Gasteiger partial charge in [-0.1, -0.05) is 91.0 Å². The van der Waals surface area contributed by atoms with Crippen molar-refractivity contribution in [3.63, 3.8) is 0 Å². The van der Waals surface area contributed by atoms with Crippen molar-refractivity contribution in [2.75, 3.05) is 37.8 Å². The number of hydrogen-bond acceptors (Lipinski definition) is 7. The standard InChI is InChI=1S/C53H49N3O4/c1-3-14-39(15-4-1)53(40-21-23-41(24-22-40)56-31-6-2-7-32-56)30-29-44-46(60-53)28-27-45-50(44)52(59-35-10-9-34-58-47-16-5-8-33-57-47)55-51(54-45)43-26-20-38-18-17-36-12-11-13-37-19-25-42(43)49(38)48(36)37/h1,3-4,11-15,17-30,47H,2,5-10,16,31-35H2. The van der Waals surface area contributed by atoms with Crippen LogP contribution in [0.25, 0.3) is 60.7 Å². The first-order valence-electron chi connectivity index (χ1n) is 21.9. The predicted octanol–water partition coefficient (Wildman–Crippen LogP) is 12.2. The van der Waals surface area contributed by atoms with Crippen molar-refractivity contribution >= 4 is 55.0 Å². The van der Waals surface area contributed by atoms with E-state index in [1.807, 2.05) is 0 Å². The number of benzene rings is 7. The Bertz CT molecular complexity index is 2810. The summed E-state index contributed by atoms with van der Waals surface area (Å²) in [6.45, 7) is 4.12. The van der Waals surface area contributed by atoms with Crippen LogP contribution in [0.5, 0.6) is 11.6 Å². The Morgan fingerprint density at radius 2 is 1.42 bits per heavy atom. The number of ether oxygens (including phenoxy) is 4. The molecule has 0 N–H and O–H groups in total. The van der Waals surface area contributed by atoms with Crippen LogP contribution >= 0.6 is 0 Å². The molecule has 7 nitrogen and oxygen atoms in total. The zero-order valence-corrected chi connectivity index (χ0v) is 33.9. The monoisotopic (exact) mass is 791 g/mol. The largest absolute Gasteiger partial charge is 0.477 e. The molecule has 3 aliphatic rings. The first kappa shape index (κ1) is 37.0. The lowest BCUT2D eigenvalue weighted by atomic mass is 9.83. The second-order valence-corrected chi connectivity index (χ2v) is 16.5. The van der Waals surface area contributed by atoms with Gasteiger partial charge in [0.15, 0.2) is 17.7 Å². The highest BCUT2D eigenvalue weighted by Gasteiger charge is 2.38. The highest BCUT2D eigenvalue weighted by molar-refractivity contribution is 6.25. The normalized spacial score (nSPS) is 19.3. The van der Waals surface area contributed by atoms with E-state index in [2.05, 4.69) is 138 Å². The number of rotatable bonds is 11. The fraction of sp³-hybridized carbons (Fsp3) is 0.283. The van der Waals surface area contributed by atoms with Crippen molar-refractivity contribution in [3.8, 4) is 23.0 Å². The Kier molecular flexibility index (Phi) is 9.79. The maximum absolute atomic E-state index is 7.25. The molecule has 0 radical (unpaired) electrons. The molecule has 4 heterocycles. The Balaban J connectivity index is 0.985. The summed E-state index contributed by atoms with van der Waals surface area (Å²) < 4.78 is 25.8. The number of hydrogen-bond donors (Lipinski definition) is 0. The van der Waals surface area contributed by atoms with E-state index >= 15 is 0 Å². The van der Waals surface area contributed by atoms with Crippen molar-refractivity contribution in [1.29, 1.82) is 0 Å². The van der Waals surface area contributed by atoms with Gasteiger partial charge in [0.25, 0.3) is 0 Å². The molecule has 300 valence electrons. The van der Waals surface area contributed by atoms with E-state index in [9.17, 15) is 0 Å². The summed E-state index contributed by atoms with van der Waals surface area (Å²) in [4.78, 5) is 13.1. The van der Waals surface area contributed by atoms with Gasteiger partial charge in [-0.25, -0.2) is 4.98 Å². The molecule has 0 amide bonds. The first-order valence-corrected chi connectivity index (χ1v) is 21.9. The SMILES string of the molecule is C1=CC(c2ccccc2)(c2ccc(N3CCCCC3)cc2)Oc2ccc3nc(-c4ccc5ccc6cccc7ccc4c5c67)nc(OCCCCOC4CCCCO4)c3c21. The van der Waals surface area contributed by atoms with E-state index in [-0.39, 0.29) is 6.29 Å². The predicted molar refractivity (Wildman–Crippen MR) is 242 cm³/mol. The van der Waals surface area contributed by atoms with Crippen molar-refractivity contribution in [3.05, 3.63) is 144 Å². The van der Waals surface area contributed by atoms with Crippen molar-refractivity contribution in [2.45, 2.75) is 63.3 Å². The Hall–Kier alpha value is -6.02. The van der Waals surface area contributed by atoms with Gasteiger partial charge in [0.1, 0.15) is 5.75 Å². The van der Waals surface area contributed by atoms with Crippen molar-refractivity contribution in [1.82, 2.24) is 9.97 Å². The molecule has 3 aliphatic heterocycles. The quantitative estimate of drug-likeness (QED) is 0.0954. The van der Waals surface area contributed by atoms with Gasteiger partial charge in [0, 0.05) is 54.2 Å².